The molecule has 1 aromatic carbocycles. The molecular weight excluding hydrogens is 266 g/mol. The minimum Gasteiger partial charge on any atom is -0.475 e. The van der Waals surface area contributed by atoms with Gasteiger partial charge in [-0.3, -0.25) is 4.90 Å². The van der Waals surface area contributed by atoms with Gasteiger partial charge in [0.1, 0.15) is 5.58 Å². The molecular formula is C17H21NO3. The Hall–Kier alpha value is -1.81. The number of fused-ring (bicyclic) bond motifs is 1. The fourth-order valence-corrected chi connectivity index (χ4v) is 3.21. The number of aryl methyl sites for hydroxylation is 2. The van der Waals surface area contributed by atoms with Crippen molar-refractivity contribution in [3.8, 4) is 0 Å². The maximum Gasteiger partial charge on any atom is 0.372 e. The molecule has 1 saturated heterocycles. The van der Waals surface area contributed by atoms with Crippen LogP contribution in [0.3, 0.4) is 0 Å². The molecule has 2 aromatic rings. The fraction of sp³-hybridized carbons (Fsp3) is 0.471. The Morgan fingerprint density at radius 3 is 2.67 bits per heavy atom. The van der Waals surface area contributed by atoms with Gasteiger partial charge in [0, 0.05) is 17.5 Å². The molecule has 112 valence electrons. The van der Waals surface area contributed by atoms with Crippen LogP contribution < -0.4 is 0 Å². The zero-order chi connectivity index (χ0) is 15.0. The molecule has 4 nitrogen and oxygen atoms in total. The number of benzene rings is 1. The third-order valence-electron chi connectivity index (χ3n) is 4.35. The molecule has 3 rings (SSSR count). The SMILES string of the molecule is CCc1cc(CN2CCCC2)cc2c(C)c(C(=O)O)oc12. The van der Waals surface area contributed by atoms with Gasteiger partial charge < -0.3 is 9.52 Å². The van der Waals surface area contributed by atoms with E-state index >= 15 is 0 Å². The number of hydrogen-bond acceptors (Lipinski definition) is 3. The summed E-state index contributed by atoms with van der Waals surface area (Å²) in [6.45, 7) is 7.16. The highest BCUT2D eigenvalue weighted by Crippen LogP contribution is 2.30. The van der Waals surface area contributed by atoms with Gasteiger partial charge >= 0.3 is 5.97 Å². The zero-order valence-electron chi connectivity index (χ0n) is 12.6. The van der Waals surface area contributed by atoms with Crippen LogP contribution in [-0.2, 0) is 13.0 Å². The van der Waals surface area contributed by atoms with Crippen molar-refractivity contribution in [2.24, 2.45) is 0 Å². The highest BCUT2D eigenvalue weighted by atomic mass is 16.4. The second-order valence-electron chi connectivity index (χ2n) is 5.83. The fourth-order valence-electron chi connectivity index (χ4n) is 3.21. The van der Waals surface area contributed by atoms with Crippen LogP contribution in [0.25, 0.3) is 11.0 Å². The van der Waals surface area contributed by atoms with Gasteiger partial charge in [-0.15, -0.1) is 0 Å². The molecule has 0 radical (unpaired) electrons. The molecule has 21 heavy (non-hydrogen) atoms. The van der Waals surface area contributed by atoms with E-state index in [-0.39, 0.29) is 5.76 Å². The van der Waals surface area contributed by atoms with Gasteiger partial charge in [0.2, 0.25) is 5.76 Å². The van der Waals surface area contributed by atoms with E-state index in [2.05, 4.69) is 24.0 Å². The first-order valence-corrected chi connectivity index (χ1v) is 7.60. The molecule has 0 aliphatic carbocycles. The van der Waals surface area contributed by atoms with E-state index in [1.54, 1.807) is 0 Å². The van der Waals surface area contributed by atoms with Crippen LogP contribution in [0.2, 0.25) is 0 Å². The molecule has 1 aliphatic heterocycles. The quantitative estimate of drug-likeness (QED) is 0.933. The van der Waals surface area contributed by atoms with Crippen molar-refractivity contribution in [3.63, 3.8) is 0 Å². The third-order valence-corrected chi connectivity index (χ3v) is 4.35. The number of nitrogens with zero attached hydrogens (tertiary/aromatic N) is 1. The summed E-state index contributed by atoms with van der Waals surface area (Å²) >= 11 is 0. The topological polar surface area (TPSA) is 53.7 Å². The lowest BCUT2D eigenvalue weighted by Gasteiger charge is -2.15. The van der Waals surface area contributed by atoms with Gasteiger partial charge in [-0.1, -0.05) is 13.0 Å². The molecule has 1 aromatic heterocycles. The van der Waals surface area contributed by atoms with Gasteiger partial charge in [0.15, 0.2) is 0 Å². The van der Waals surface area contributed by atoms with E-state index in [0.717, 1.165) is 48.2 Å². The molecule has 0 saturated carbocycles. The Balaban J connectivity index is 2.06. The van der Waals surface area contributed by atoms with Crippen molar-refractivity contribution < 1.29 is 14.3 Å². The zero-order valence-corrected chi connectivity index (χ0v) is 12.6. The summed E-state index contributed by atoms with van der Waals surface area (Å²) in [5.41, 5.74) is 3.81. The first-order chi connectivity index (χ1) is 10.1. The second kappa shape index (κ2) is 5.53. The molecule has 1 aliphatic rings. The summed E-state index contributed by atoms with van der Waals surface area (Å²) in [7, 11) is 0. The molecule has 1 N–H and O–H groups in total. The predicted molar refractivity (Wildman–Crippen MR) is 81.8 cm³/mol. The van der Waals surface area contributed by atoms with Crippen molar-refractivity contribution in [1.82, 2.24) is 4.90 Å². The molecule has 0 spiro atoms. The first-order valence-electron chi connectivity index (χ1n) is 7.60. The van der Waals surface area contributed by atoms with Crippen LogP contribution in [0, 0.1) is 6.92 Å². The average molecular weight is 287 g/mol. The van der Waals surface area contributed by atoms with Crippen molar-refractivity contribution in [2.45, 2.75) is 39.7 Å². The lowest BCUT2D eigenvalue weighted by Crippen LogP contribution is -2.18. The lowest BCUT2D eigenvalue weighted by atomic mass is 10.0. The number of carboxylic acid groups (broad SMARTS) is 1. The monoisotopic (exact) mass is 287 g/mol. The highest BCUT2D eigenvalue weighted by molar-refractivity contribution is 5.96. The number of furan rings is 1. The number of carboxylic acids is 1. The first kappa shape index (κ1) is 14.1. The molecule has 0 unspecified atom stereocenters. The average Bonchev–Trinajstić information content (AvgIpc) is 3.07. The molecule has 0 amide bonds. The summed E-state index contributed by atoms with van der Waals surface area (Å²) in [4.78, 5) is 13.7. The highest BCUT2D eigenvalue weighted by Gasteiger charge is 2.20. The Bertz CT molecular complexity index is 681. The molecule has 1 fully saturated rings. The van der Waals surface area contributed by atoms with Crippen LogP contribution in [0.4, 0.5) is 0 Å². The van der Waals surface area contributed by atoms with E-state index in [1.165, 1.54) is 18.4 Å². The minimum atomic E-state index is -0.994. The number of likely N-dealkylation sites (tertiary alicyclic amines) is 1. The molecule has 0 atom stereocenters. The summed E-state index contributed by atoms with van der Waals surface area (Å²) in [5.74, 6) is -0.926. The van der Waals surface area contributed by atoms with Gasteiger partial charge in [-0.2, -0.15) is 0 Å². The van der Waals surface area contributed by atoms with Crippen molar-refractivity contribution in [2.75, 3.05) is 13.1 Å². The second-order valence-corrected chi connectivity index (χ2v) is 5.83. The Labute approximate surface area is 124 Å². The standard InChI is InChI=1S/C17H21NO3/c1-3-13-8-12(10-18-6-4-5-7-18)9-14-11(2)15(17(19)20)21-16(13)14/h8-9H,3-7,10H2,1-2H3,(H,19,20). The van der Waals surface area contributed by atoms with Gasteiger partial charge in [0.25, 0.3) is 0 Å². The largest absolute Gasteiger partial charge is 0.475 e. The lowest BCUT2D eigenvalue weighted by molar-refractivity contribution is 0.0664. The van der Waals surface area contributed by atoms with E-state index in [0.29, 0.717) is 0 Å². The van der Waals surface area contributed by atoms with Crippen LogP contribution in [0.5, 0.6) is 0 Å². The molecule has 4 heteroatoms. The number of rotatable bonds is 4. The maximum absolute atomic E-state index is 11.3. The number of aromatic carboxylic acids is 1. The smallest absolute Gasteiger partial charge is 0.372 e. The maximum atomic E-state index is 11.3. The molecule has 2 heterocycles. The van der Waals surface area contributed by atoms with Crippen LogP contribution in [-0.4, -0.2) is 29.1 Å². The van der Waals surface area contributed by atoms with E-state index in [4.69, 9.17) is 4.42 Å². The Morgan fingerprint density at radius 1 is 1.33 bits per heavy atom. The van der Waals surface area contributed by atoms with Crippen LogP contribution >= 0.6 is 0 Å². The van der Waals surface area contributed by atoms with Gasteiger partial charge in [-0.25, -0.2) is 4.79 Å². The van der Waals surface area contributed by atoms with Crippen molar-refractivity contribution in [3.05, 3.63) is 34.6 Å². The Morgan fingerprint density at radius 2 is 2.05 bits per heavy atom. The van der Waals surface area contributed by atoms with Crippen molar-refractivity contribution >= 4 is 16.9 Å². The van der Waals surface area contributed by atoms with E-state index < -0.39 is 5.97 Å². The number of carbonyl (C=O) groups is 1. The van der Waals surface area contributed by atoms with E-state index in [9.17, 15) is 9.90 Å². The third kappa shape index (κ3) is 2.56. The molecule has 0 bridgehead atoms. The van der Waals surface area contributed by atoms with Crippen LogP contribution in [0.15, 0.2) is 16.5 Å². The van der Waals surface area contributed by atoms with E-state index in [1.807, 2.05) is 6.92 Å². The van der Waals surface area contributed by atoms with Crippen LogP contribution in [0.1, 0.15) is 47.0 Å². The summed E-state index contributed by atoms with van der Waals surface area (Å²) in [5, 5.41) is 10.2. The van der Waals surface area contributed by atoms with Gasteiger partial charge in [0.05, 0.1) is 0 Å². The summed E-state index contributed by atoms with van der Waals surface area (Å²) in [6, 6.07) is 4.26. The normalized spacial score (nSPS) is 15.9. The number of hydrogen-bond donors (Lipinski definition) is 1. The summed E-state index contributed by atoms with van der Waals surface area (Å²) < 4.78 is 5.59. The predicted octanol–water partition coefficient (Wildman–Crippen LogP) is 3.60. The Kier molecular flexibility index (Phi) is 3.72. The van der Waals surface area contributed by atoms with Crippen molar-refractivity contribution in [1.29, 1.82) is 0 Å². The minimum absolute atomic E-state index is 0.0676. The summed E-state index contributed by atoms with van der Waals surface area (Å²) in [6.07, 6.45) is 3.39. The van der Waals surface area contributed by atoms with Gasteiger partial charge in [-0.05, 0) is 56.5 Å².